The quantitative estimate of drug-likeness (QED) is 0.624. The second-order valence-corrected chi connectivity index (χ2v) is 4.80. The summed E-state index contributed by atoms with van der Waals surface area (Å²) in [4.78, 5) is 10.4. The van der Waals surface area contributed by atoms with Gasteiger partial charge in [0.25, 0.3) is 0 Å². The molecule has 2 bridgehead atoms. The molecule has 4 heteroatoms. The molecular formula is C10H15NO3. The molecule has 0 spiro atoms. The largest absolute Gasteiger partial charge is 0.507 e. The molecule has 0 aromatic carbocycles. The zero-order valence-corrected chi connectivity index (χ0v) is 7.98. The molecular weight excluding hydrogens is 182 g/mol. The monoisotopic (exact) mass is 197 g/mol. The van der Waals surface area contributed by atoms with E-state index in [4.69, 9.17) is 9.84 Å². The zero-order chi connectivity index (χ0) is 9.71. The van der Waals surface area contributed by atoms with Gasteiger partial charge in [0, 0.05) is 12.5 Å². The maximum absolute atomic E-state index is 10.4. The van der Waals surface area contributed by atoms with Gasteiger partial charge in [0.2, 0.25) is 0 Å². The minimum absolute atomic E-state index is 0.245. The van der Waals surface area contributed by atoms with Crippen molar-refractivity contribution in [3.63, 3.8) is 0 Å². The topological polar surface area (TPSA) is 58.6 Å². The summed E-state index contributed by atoms with van der Waals surface area (Å²) in [5, 5.41) is 11.8. The molecule has 2 saturated carbocycles. The lowest BCUT2D eigenvalue weighted by atomic mass is 9.85. The molecule has 78 valence electrons. The van der Waals surface area contributed by atoms with Gasteiger partial charge in [0.1, 0.15) is 0 Å². The molecule has 1 unspecified atom stereocenters. The Labute approximate surface area is 82.6 Å². The van der Waals surface area contributed by atoms with E-state index in [1.54, 1.807) is 0 Å². The van der Waals surface area contributed by atoms with E-state index in [1.165, 1.54) is 19.3 Å². The van der Waals surface area contributed by atoms with Gasteiger partial charge in [-0.05, 0) is 37.0 Å². The maximum Gasteiger partial charge on any atom is 0.507 e. The van der Waals surface area contributed by atoms with E-state index in [9.17, 15) is 4.79 Å². The Kier molecular flexibility index (Phi) is 1.74. The first-order valence-corrected chi connectivity index (χ1v) is 5.39. The fourth-order valence-electron chi connectivity index (χ4n) is 3.74. The second-order valence-electron chi connectivity index (χ2n) is 4.80. The minimum atomic E-state index is -1.16. The molecule has 0 aromatic rings. The molecule has 4 nitrogen and oxygen atoms in total. The normalized spacial score (nSPS) is 49.3. The van der Waals surface area contributed by atoms with Crippen molar-refractivity contribution in [3.05, 3.63) is 0 Å². The van der Waals surface area contributed by atoms with E-state index in [-0.39, 0.29) is 6.23 Å². The average Bonchev–Trinajstić information content (AvgIpc) is 2.69. The Balaban J connectivity index is 1.68. The maximum atomic E-state index is 10.4. The number of fused-ring (bicyclic) bond motifs is 5. The number of carbonyl (C=O) groups is 1. The molecule has 0 amide bonds. The summed E-state index contributed by atoms with van der Waals surface area (Å²) in [7, 11) is 0. The Morgan fingerprint density at radius 2 is 2.07 bits per heavy atom. The standard InChI is InChI=1S/C10H15NO3/c12-10(13)14-8-4-7-5-1-2-6(3-5)9(7)11-8/h5-9,11H,1-4H2,(H,12,13)/t5-,6?,7+,8+,9-/m1/s1. The number of ether oxygens (including phenoxy) is 1. The molecule has 0 aromatic heterocycles. The first kappa shape index (κ1) is 8.53. The summed E-state index contributed by atoms with van der Waals surface area (Å²) in [6, 6.07) is 0.540. The number of hydrogen-bond acceptors (Lipinski definition) is 3. The van der Waals surface area contributed by atoms with Crippen LogP contribution in [0.1, 0.15) is 25.7 Å². The number of hydrogen-bond donors (Lipinski definition) is 2. The van der Waals surface area contributed by atoms with Crippen molar-refractivity contribution in [2.75, 3.05) is 0 Å². The third kappa shape index (κ3) is 1.13. The first-order chi connectivity index (χ1) is 6.74. The van der Waals surface area contributed by atoms with Crippen molar-refractivity contribution in [2.24, 2.45) is 17.8 Å². The van der Waals surface area contributed by atoms with Gasteiger partial charge in [0.05, 0.1) is 0 Å². The van der Waals surface area contributed by atoms with E-state index in [2.05, 4.69) is 5.32 Å². The van der Waals surface area contributed by atoms with Gasteiger partial charge in [0.15, 0.2) is 6.23 Å². The third-order valence-corrected chi connectivity index (χ3v) is 4.20. The van der Waals surface area contributed by atoms with Crippen molar-refractivity contribution in [2.45, 2.75) is 38.0 Å². The fourth-order valence-corrected chi connectivity index (χ4v) is 3.74. The van der Waals surface area contributed by atoms with Crippen LogP contribution in [-0.4, -0.2) is 23.5 Å². The molecule has 14 heavy (non-hydrogen) atoms. The van der Waals surface area contributed by atoms with Gasteiger partial charge < -0.3 is 9.84 Å². The van der Waals surface area contributed by atoms with Crippen molar-refractivity contribution in [3.8, 4) is 0 Å². The first-order valence-electron chi connectivity index (χ1n) is 5.39. The molecule has 0 radical (unpaired) electrons. The van der Waals surface area contributed by atoms with Crippen molar-refractivity contribution in [1.82, 2.24) is 5.32 Å². The number of nitrogens with one attached hydrogen (secondary N) is 1. The van der Waals surface area contributed by atoms with Gasteiger partial charge >= 0.3 is 6.16 Å². The Morgan fingerprint density at radius 1 is 1.29 bits per heavy atom. The van der Waals surface area contributed by atoms with Crippen LogP contribution < -0.4 is 5.32 Å². The Morgan fingerprint density at radius 3 is 2.79 bits per heavy atom. The van der Waals surface area contributed by atoms with Gasteiger partial charge in [-0.25, -0.2) is 4.79 Å². The van der Waals surface area contributed by atoms with Crippen LogP contribution in [0.15, 0.2) is 0 Å². The Hall–Kier alpha value is -0.770. The third-order valence-electron chi connectivity index (χ3n) is 4.20. The molecule has 3 aliphatic rings. The van der Waals surface area contributed by atoms with Crippen LogP contribution in [0, 0.1) is 17.8 Å². The second kappa shape index (κ2) is 2.86. The van der Waals surface area contributed by atoms with Crippen LogP contribution >= 0.6 is 0 Å². The summed E-state index contributed by atoms with van der Waals surface area (Å²) in [5.41, 5.74) is 0. The van der Waals surface area contributed by atoms with E-state index >= 15 is 0 Å². The van der Waals surface area contributed by atoms with Gasteiger partial charge in [-0.15, -0.1) is 0 Å². The van der Waals surface area contributed by atoms with Crippen molar-refractivity contribution >= 4 is 6.16 Å². The average molecular weight is 197 g/mol. The summed E-state index contributed by atoms with van der Waals surface area (Å²) in [6.45, 7) is 0. The highest BCUT2D eigenvalue weighted by molar-refractivity contribution is 5.57. The molecule has 5 atom stereocenters. The van der Waals surface area contributed by atoms with Gasteiger partial charge in [-0.2, -0.15) is 0 Å². The zero-order valence-electron chi connectivity index (χ0n) is 7.98. The highest BCUT2D eigenvalue weighted by Gasteiger charge is 2.52. The summed E-state index contributed by atoms with van der Waals surface area (Å²) in [6.07, 6.45) is 3.49. The molecule has 3 fully saturated rings. The van der Waals surface area contributed by atoms with Crippen LogP contribution in [0.2, 0.25) is 0 Å². The van der Waals surface area contributed by atoms with Gasteiger partial charge in [-0.3, -0.25) is 5.32 Å². The van der Waals surface area contributed by atoms with E-state index in [1.807, 2.05) is 0 Å². The summed E-state index contributed by atoms with van der Waals surface area (Å²) < 4.78 is 4.78. The fraction of sp³-hybridized carbons (Fsp3) is 0.900. The van der Waals surface area contributed by atoms with Crippen LogP contribution in [0.25, 0.3) is 0 Å². The van der Waals surface area contributed by atoms with Crippen molar-refractivity contribution < 1.29 is 14.6 Å². The molecule has 2 N–H and O–H groups in total. The molecule has 1 saturated heterocycles. The number of rotatable bonds is 1. The molecule has 3 rings (SSSR count). The lowest BCUT2D eigenvalue weighted by Crippen LogP contribution is -2.37. The number of carboxylic acid groups (broad SMARTS) is 1. The van der Waals surface area contributed by atoms with Crippen LogP contribution in [-0.2, 0) is 4.74 Å². The lowest BCUT2D eigenvalue weighted by molar-refractivity contribution is 0.0406. The predicted molar refractivity (Wildman–Crippen MR) is 48.8 cm³/mol. The smallest absolute Gasteiger partial charge is 0.450 e. The Bertz CT molecular complexity index is 250. The van der Waals surface area contributed by atoms with Crippen LogP contribution in [0.3, 0.4) is 0 Å². The SMILES string of the molecule is O=C(O)O[C@H]1C[C@H]2[C@@H]3CCC(C3)[C@H]2N1. The predicted octanol–water partition coefficient (Wildman–Crippen LogP) is 1.42. The highest BCUT2D eigenvalue weighted by Crippen LogP contribution is 2.52. The van der Waals surface area contributed by atoms with Gasteiger partial charge in [-0.1, -0.05) is 0 Å². The summed E-state index contributed by atoms with van der Waals surface area (Å²) in [5.74, 6) is 2.30. The summed E-state index contributed by atoms with van der Waals surface area (Å²) >= 11 is 0. The molecule has 2 aliphatic carbocycles. The van der Waals surface area contributed by atoms with E-state index in [0.717, 1.165) is 18.3 Å². The van der Waals surface area contributed by atoms with Crippen LogP contribution in [0.5, 0.6) is 0 Å². The van der Waals surface area contributed by atoms with E-state index < -0.39 is 6.16 Å². The molecule has 1 heterocycles. The lowest BCUT2D eigenvalue weighted by Gasteiger charge is -2.23. The van der Waals surface area contributed by atoms with Crippen LogP contribution in [0.4, 0.5) is 4.79 Å². The van der Waals surface area contributed by atoms with E-state index in [0.29, 0.717) is 12.0 Å². The highest BCUT2D eigenvalue weighted by atomic mass is 16.7. The molecule has 1 aliphatic heterocycles. The van der Waals surface area contributed by atoms with Crippen molar-refractivity contribution in [1.29, 1.82) is 0 Å². The minimum Gasteiger partial charge on any atom is -0.450 e.